The van der Waals surface area contributed by atoms with Crippen LogP contribution < -0.4 is 5.32 Å². The van der Waals surface area contributed by atoms with Crippen LogP contribution in [0.5, 0.6) is 0 Å². The summed E-state index contributed by atoms with van der Waals surface area (Å²) in [4.78, 5) is 2.66. The van der Waals surface area contributed by atoms with Crippen LogP contribution in [-0.4, -0.2) is 30.1 Å². The van der Waals surface area contributed by atoms with E-state index in [9.17, 15) is 0 Å². The van der Waals surface area contributed by atoms with E-state index in [0.717, 1.165) is 37.4 Å². The molecule has 1 heterocycles. The van der Waals surface area contributed by atoms with Gasteiger partial charge < -0.3 is 9.73 Å². The van der Waals surface area contributed by atoms with Crippen LogP contribution in [0.2, 0.25) is 0 Å². The molecule has 2 rings (SSSR count). The second kappa shape index (κ2) is 7.84. The van der Waals surface area contributed by atoms with Gasteiger partial charge in [-0.05, 0) is 43.9 Å². The lowest BCUT2D eigenvalue weighted by Crippen LogP contribution is -2.43. The first-order valence-corrected chi connectivity index (χ1v) is 8.19. The average Bonchev–Trinajstić information content (AvgIpc) is 3.12. The first kappa shape index (κ1) is 15.6. The predicted octanol–water partition coefficient (Wildman–Crippen LogP) is 3.66. The molecule has 0 saturated heterocycles. The molecule has 0 radical (unpaired) electrons. The van der Waals surface area contributed by atoms with Crippen LogP contribution in [-0.2, 0) is 6.54 Å². The van der Waals surface area contributed by atoms with Gasteiger partial charge in [-0.3, -0.25) is 4.90 Å². The Kier molecular flexibility index (Phi) is 6.11. The van der Waals surface area contributed by atoms with Crippen LogP contribution in [0, 0.1) is 5.92 Å². The highest BCUT2D eigenvalue weighted by atomic mass is 16.3. The molecule has 1 aliphatic rings. The van der Waals surface area contributed by atoms with Crippen molar-refractivity contribution in [2.75, 3.05) is 13.1 Å². The van der Waals surface area contributed by atoms with Gasteiger partial charge in [0, 0.05) is 18.6 Å². The minimum Gasteiger partial charge on any atom is -0.468 e. The molecular formula is C17H30N2O. The number of hydrogen-bond acceptors (Lipinski definition) is 3. The average molecular weight is 278 g/mol. The molecule has 1 aliphatic carbocycles. The maximum absolute atomic E-state index is 5.55. The van der Waals surface area contributed by atoms with Crippen molar-refractivity contribution in [1.29, 1.82) is 0 Å². The summed E-state index contributed by atoms with van der Waals surface area (Å²) in [7, 11) is 0. The molecule has 1 aromatic heterocycles. The Bertz CT molecular complexity index is 357. The van der Waals surface area contributed by atoms with E-state index in [1.54, 1.807) is 6.26 Å². The van der Waals surface area contributed by atoms with Gasteiger partial charge in [0.1, 0.15) is 5.76 Å². The van der Waals surface area contributed by atoms with Crippen molar-refractivity contribution >= 4 is 0 Å². The molecule has 1 atom stereocenters. The molecule has 3 nitrogen and oxygen atoms in total. The number of nitrogens with one attached hydrogen (secondary N) is 1. The molecule has 1 N–H and O–H groups in total. The maximum Gasteiger partial charge on any atom is 0.117 e. The third-order valence-corrected chi connectivity index (χ3v) is 3.96. The first-order chi connectivity index (χ1) is 9.70. The van der Waals surface area contributed by atoms with Crippen LogP contribution in [0.15, 0.2) is 22.8 Å². The second-order valence-corrected chi connectivity index (χ2v) is 6.48. The third kappa shape index (κ3) is 4.95. The molecule has 1 aromatic rings. The Hall–Kier alpha value is -0.800. The standard InChI is InChI=1S/C17H30N2O/c1-4-6-16(12-18-11-14(2)3)19(15-8-9-15)13-17-7-5-10-20-17/h5,7,10,14-16,18H,4,6,8-9,11-13H2,1-3H3. The van der Waals surface area contributed by atoms with Gasteiger partial charge >= 0.3 is 0 Å². The van der Waals surface area contributed by atoms with E-state index in [1.807, 2.05) is 6.07 Å². The van der Waals surface area contributed by atoms with Crippen molar-refractivity contribution in [3.63, 3.8) is 0 Å². The maximum atomic E-state index is 5.55. The number of hydrogen-bond donors (Lipinski definition) is 1. The predicted molar refractivity (Wildman–Crippen MR) is 83.7 cm³/mol. The molecular weight excluding hydrogens is 248 g/mol. The molecule has 0 aliphatic heterocycles. The summed E-state index contributed by atoms with van der Waals surface area (Å²) in [5.41, 5.74) is 0. The van der Waals surface area contributed by atoms with Gasteiger partial charge in [-0.25, -0.2) is 0 Å². The molecule has 1 fully saturated rings. The van der Waals surface area contributed by atoms with Crippen molar-refractivity contribution in [3.05, 3.63) is 24.2 Å². The highest BCUT2D eigenvalue weighted by molar-refractivity contribution is 5.01. The molecule has 0 aromatic carbocycles. The highest BCUT2D eigenvalue weighted by Crippen LogP contribution is 2.31. The molecule has 3 heteroatoms. The van der Waals surface area contributed by atoms with Crippen LogP contribution >= 0.6 is 0 Å². The fourth-order valence-electron chi connectivity index (χ4n) is 2.80. The highest BCUT2D eigenvalue weighted by Gasteiger charge is 2.33. The zero-order valence-corrected chi connectivity index (χ0v) is 13.3. The largest absolute Gasteiger partial charge is 0.468 e. The van der Waals surface area contributed by atoms with Gasteiger partial charge in [0.05, 0.1) is 12.8 Å². The lowest BCUT2D eigenvalue weighted by molar-refractivity contribution is 0.150. The van der Waals surface area contributed by atoms with Crippen molar-refractivity contribution in [2.24, 2.45) is 5.92 Å². The Morgan fingerprint density at radius 3 is 2.70 bits per heavy atom. The van der Waals surface area contributed by atoms with E-state index in [-0.39, 0.29) is 0 Å². The molecule has 0 spiro atoms. The molecule has 0 amide bonds. The lowest BCUT2D eigenvalue weighted by Gasteiger charge is -2.31. The smallest absolute Gasteiger partial charge is 0.117 e. The van der Waals surface area contributed by atoms with Gasteiger partial charge in [-0.15, -0.1) is 0 Å². The van der Waals surface area contributed by atoms with Crippen LogP contribution in [0.4, 0.5) is 0 Å². The fourth-order valence-corrected chi connectivity index (χ4v) is 2.80. The summed E-state index contributed by atoms with van der Waals surface area (Å²) in [5, 5.41) is 3.64. The van der Waals surface area contributed by atoms with Gasteiger partial charge in [0.15, 0.2) is 0 Å². The van der Waals surface area contributed by atoms with Crippen molar-refractivity contribution in [1.82, 2.24) is 10.2 Å². The van der Waals surface area contributed by atoms with Crippen LogP contribution in [0.1, 0.15) is 52.2 Å². The van der Waals surface area contributed by atoms with Crippen molar-refractivity contribution < 1.29 is 4.42 Å². The molecule has 1 saturated carbocycles. The lowest BCUT2D eigenvalue weighted by atomic mass is 10.1. The number of furan rings is 1. The van der Waals surface area contributed by atoms with Crippen molar-refractivity contribution in [3.8, 4) is 0 Å². The van der Waals surface area contributed by atoms with Gasteiger partial charge in [0.25, 0.3) is 0 Å². The van der Waals surface area contributed by atoms with Gasteiger partial charge in [-0.1, -0.05) is 27.2 Å². The summed E-state index contributed by atoms with van der Waals surface area (Å²) < 4.78 is 5.55. The van der Waals surface area contributed by atoms with Crippen LogP contribution in [0.25, 0.3) is 0 Å². The third-order valence-electron chi connectivity index (χ3n) is 3.96. The van der Waals surface area contributed by atoms with Gasteiger partial charge in [-0.2, -0.15) is 0 Å². The van der Waals surface area contributed by atoms with Crippen LogP contribution in [0.3, 0.4) is 0 Å². The summed E-state index contributed by atoms with van der Waals surface area (Å²) in [5.74, 6) is 1.82. The normalized spacial score (nSPS) is 17.1. The minimum absolute atomic E-state index is 0.636. The van der Waals surface area contributed by atoms with Crippen molar-refractivity contribution in [2.45, 2.75) is 65.1 Å². The Balaban J connectivity index is 1.91. The zero-order chi connectivity index (χ0) is 14.4. The zero-order valence-electron chi connectivity index (χ0n) is 13.3. The molecule has 20 heavy (non-hydrogen) atoms. The Morgan fingerprint density at radius 1 is 1.35 bits per heavy atom. The Morgan fingerprint density at radius 2 is 2.15 bits per heavy atom. The van der Waals surface area contributed by atoms with E-state index in [2.05, 4.69) is 37.1 Å². The monoisotopic (exact) mass is 278 g/mol. The molecule has 0 bridgehead atoms. The van der Waals surface area contributed by atoms with Gasteiger partial charge in [0.2, 0.25) is 0 Å². The molecule has 1 unspecified atom stereocenters. The summed E-state index contributed by atoms with van der Waals surface area (Å²) in [6.07, 6.45) is 7.00. The summed E-state index contributed by atoms with van der Waals surface area (Å²) >= 11 is 0. The summed E-state index contributed by atoms with van der Waals surface area (Å²) in [6.45, 7) is 9.99. The number of nitrogens with zero attached hydrogens (tertiary/aromatic N) is 1. The van der Waals surface area contributed by atoms with E-state index >= 15 is 0 Å². The number of rotatable bonds is 10. The SMILES string of the molecule is CCCC(CNCC(C)C)N(Cc1ccco1)C1CC1. The quantitative estimate of drug-likeness (QED) is 0.708. The second-order valence-electron chi connectivity index (χ2n) is 6.48. The minimum atomic E-state index is 0.636. The van der Waals surface area contributed by atoms with E-state index in [4.69, 9.17) is 4.42 Å². The van der Waals surface area contributed by atoms with E-state index in [1.165, 1.54) is 25.7 Å². The topological polar surface area (TPSA) is 28.4 Å². The summed E-state index contributed by atoms with van der Waals surface area (Å²) in [6, 6.07) is 5.50. The van der Waals surface area contributed by atoms with E-state index < -0.39 is 0 Å². The fraction of sp³-hybridized carbons (Fsp3) is 0.765. The molecule has 114 valence electrons. The first-order valence-electron chi connectivity index (χ1n) is 8.19. The Labute approximate surface area is 123 Å². The van der Waals surface area contributed by atoms with E-state index in [0.29, 0.717) is 6.04 Å².